The smallest absolute Gasteiger partial charge is 0.338 e. The number of carbonyl (C=O) groups excluding carboxylic acids is 2. The van der Waals surface area contributed by atoms with Crippen LogP contribution < -0.4 is 14.2 Å². The van der Waals surface area contributed by atoms with E-state index in [9.17, 15) is 9.59 Å². The second-order valence-electron chi connectivity index (χ2n) is 7.07. The van der Waals surface area contributed by atoms with Gasteiger partial charge in [-0.2, -0.15) is 0 Å². The van der Waals surface area contributed by atoms with E-state index in [0.717, 1.165) is 22.3 Å². The van der Waals surface area contributed by atoms with Crippen LogP contribution in [0, 0.1) is 27.7 Å². The number of carbonyl (C=O) groups is 2. The lowest BCUT2D eigenvalue weighted by atomic mass is 10.1. The van der Waals surface area contributed by atoms with Gasteiger partial charge in [0.15, 0.2) is 0 Å². The Hall–Kier alpha value is -3.34. The molecule has 5 heteroatoms. The summed E-state index contributed by atoms with van der Waals surface area (Å²) in [4.78, 5) is 23.6. The maximum atomic E-state index is 11.8. The zero-order valence-corrected chi connectivity index (χ0v) is 17.8. The van der Waals surface area contributed by atoms with Crippen molar-refractivity contribution in [1.82, 2.24) is 0 Å². The molecule has 0 amide bonds. The summed E-state index contributed by atoms with van der Waals surface area (Å²) in [6.45, 7) is 17.9. The second kappa shape index (κ2) is 8.78. The Labute approximate surface area is 171 Å². The first-order valence-corrected chi connectivity index (χ1v) is 9.16. The van der Waals surface area contributed by atoms with Crippen LogP contribution >= 0.6 is 0 Å². The number of hydrogen-bond donors (Lipinski definition) is 0. The number of esters is 2. The third-order valence-corrected chi connectivity index (χ3v) is 4.70. The minimum Gasteiger partial charge on any atom is -0.457 e. The van der Waals surface area contributed by atoms with Crippen molar-refractivity contribution in [2.24, 2.45) is 0 Å². The Morgan fingerprint density at radius 2 is 0.897 bits per heavy atom. The van der Waals surface area contributed by atoms with Crippen LogP contribution in [-0.4, -0.2) is 11.9 Å². The van der Waals surface area contributed by atoms with E-state index in [0.29, 0.717) is 34.1 Å². The molecule has 0 saturated heterocycles. The average molecular weight is 394 g/mol. The van der Waals surface area contributed by atoms with Crippen LogP contribution in [0.15, 0.2) is 48.6 Å². The Kier molecular flexibility index (Phi) is 6.64. The van der Waals surface area contributed by atoms with Gasteiger partial charge in [-0.05, 0) is 88.1 Å². The van der Waals surface area contributed by atoms with E-state index in [4.69, 9.17) is 14.2 Å². The number of ether oxygens (including phenoxy) is 3. The molecule has 0 aliphatic rings. The molecule has 0 heterocycles. The Balaban J connectivity index is 2.30. The summed E-state index contributed by atoms with van der Waals surface area (Å²) in [5, 5.41) is 0. The van der Waals surface area contributed by atoms with Gasteiger partial charge in [-0.15, -0.1) is 0 Å². The zero-order chi connectivity index (χ0) is 21.9. The largest absolute Gasteiger partial charge is 0.457 e. The summed E-state index contributed by atoms with van der Waals surface area (Å²) in [7, 11) is 0. The molecule has 0 fully saturated rings. The van der Waals surface area contributed by atoms with Gasteiger partial charge in [0.1, 0.15) is 23.0 Å². The third kappa shape index (κ3) is 4.93. The summed E-state index contributed by atoms with van der Waals surface area (Å²) in [6.07, 6.45) is 0. The van der Waals surface area contributed by atoms with E-state index >= 15 is 0 Å². The Morgan fingerprint density at radius 1 is 0.621 bits per heavy atom. The van der Waals surface area contributed by atoms with Gasteiger partial charge >= 0.3 is 11.9 Å². The highest BCUT2D eigenvalue weighted by molar-refractivity contribution is 5.89. The third-order valence-electron chi connectivity index (χ3n) is 4.70. The van der Waals surface area contributed by atoms with Crippen LogP contribution in [0.2, 0.25) is 0 Å². The molecule has 0 atom stereocenters. The van der Waals surface area contributed by atoms with Gasteiger partial charge in [-0.3, -0.25) is 0 Å². The molecule has 0 aromatic heterocycles. The van der Waals surface area contributed by atoms with Gasteiger partial charge in [0.2, 0.25) is 0 Å². The van der Waals surface area contributed by atoms with Crippen LogP contribution in [0.4, 0.5) is 0 Å². The molecule has 0 aliphatic heterocycles. The average Bonchev–Trinajstić information content (AvgIpc) is 2.66. The highest BCUT2D eigenvalue weighted by Gasteiger charge is 2.16. The standard InChI is InChI=1S/C24H26O5/c1-13(2)23(25)28-21-11-9-19(15(5)17(21)7)27-20-10-12-22(18(8)16(20)6)29-24(26)14(3)4/h9-12H,1,3H2,2,4-8H3. The van der Waals surface area contributed by atoms with Crippen LogP contribution in [0.25, 0.3) is 0 Å². The second-order valence-corrected chi connectivity index (χ2v) is 7.07. The van der Waals surface area contributed by atoms with E-state index in [-0.39, 0.29) is 0 Å². The zero-order valence-electron chi connectivity index (χ0n) is 17.8. The number of benzene rings is 2. The molecular formula is C24H26O5. The molecule has 0 aliphatic carbocycles. The monoisotopic (exact) mass is 394 g/mol. The van der Waals surface area contributed by atoms with Crippen molar-refractivity contribution in [3.63, 3.8) is 0 Å². The highest BCUT2D eigenvalue weighted by Crippen LogP contribution is 2.36. The van der Waals surface area contributed by atoms with Gasteiger partial charge < -0.3 is 14.2 Å². The van der Waals surface area contributed by atoms with Crippen LogP contribution in [0.3, 0.4) is 0 Å². The molecular weight excluding hydrogens is 368 g/mol. The van der Waals surface area contributed by atoms with E-state index in [1.54, 1.807) is 38.1 Å². The first kappa shape index (κ1) is 22.0. The maximum Gasteiger partial charge on any atom is 0.338 e. The SMILES string of the molecule is C=C(C)C(=O)Oc1ccc(Oc2ccc(OC(=O)C(=C)C)c(C)c2C)c(C)c1C. The van der Waals surface area contributed by atoms with Gasteiger partial charge in [0.05, 0.1) is 0 Å². The lowest BCUT2D eigenvalue weighted by molar-refractivity contribution is -0.131. The van der Waals surface area contributed by atoms with Gasteiger partial charge in [0.25, 0.3) is 0 Å². The van der Waals surface area contributed by atoms with Crippen molar-refractivity contribution in [3.8, 4) is 23.0 Å². The van der Waals surface area contributed by atoms with Crippen molar-refractivity contribution < 1.29 is 23.8 Å². The van der Waals surface area contributed by atoms with E-state index in [2.05, 4.69) is 13.2 Å². The van der Waals surface area contributed by atoms with Crippen LogP contribution in [-0.2, 0) is 9.59 Å². The van der Waals surface area contributed by atoms with Crippen LogP contribution in [0.1, 0.15) is 36.1 Å². The molecule has 0 spiro atoms. The van der Waals surface area contributed by atoms with Gasteiger partial charge in [-0.1, -0.05) is 13.2 Å². The van der Waals surface area contributed by atoms with E-state index in [1.807, 2.05) is 27.7 Å². The normalized spacial score (nSPS) is 10.3. The lowest BCUT2D eigenvalue weighted by Crippen LogP contribution is -2.10. The fourth-order valence-corrected chi connectivity index (χ4v) is 2.48. The molecule has 5 nitrogen and oxygen atoms in total. The van der Waals surface area contributed by atoms with Crippen molar-refractivity contribution in [3.05, 3.63) is 70.8 Å². The Morgan fingerprint density at radius 3 is 1.21 bits per heavy atom. The molecule has 0 unspecified atom stereocenters. The quantitative estimate of drug-likeness (QED) is 0.359. The highest BCUT2D eigenvalue weighted by atomic mass is 16.5. The molecule has 2 aromatic carbocycles. The topological polar surface area (TPSA) is 61.8 Å². The first-order valence-electron chi connectivity index (χ1n) is 9.16. The molecule has 0 N–H and O–H groups in total. The predicted octanol–water partition coefficient (Wildman–Crippen LogP) is 5.68. The summed E-state index contributed by atoms with van der Waals surface area (Å²) >= 11 is 0. The number of rotatable bonds is 6. The van der Waals surface area contributed by atoms with Crippen molar-refractivity contribution in [2.45, 2.75) is 41.5 Å². The van der Waals surface area contributed by atoms with Crippen molar-refractivity contribution in [1.29, 1.82) is 0 Å². The minimum absolute atomic E-state index is 0.334. The molecule has 29 heavy (non-hydrogen) atoms. The Bertz CT molecular complexity index is 933. The lowest BCUT2D eigenvalue weighted by Gasteiger charge is -2.17. The summed E-state index contributed by atoms with van der Waals surface area (Å²) in [5.41, 5.74) is 3.98. The minimum atomic E-state index is -0.465. The molecule has 0 saturated carbocycles. The van der Waals surface area contributed by atoms with Crippen LogP contribution in [0.5, 0.6) is 23.0 Å². The molecule has 0 radical (unpaired) electrons. The summed E-state index contributed by atoms with van der Waals surface area (Å²) < 4.78 is 16.8. The summed E-state index contributed by atoms with van der Waals surface area (Å²) in [6, 6.07) is 6.91. The van der Waals surface area contributed by atoms with E-state index < -0.39 is 11.9 Å². The fraction of sp³-hybridized carbons (Fsp3) is 0.250. The fourth-order valence-electron chi connectivity index (χ4n) is 2.48. The predicted molar refractivity (Wildman–Crippen MR) is 113 cm³/mol. The first-order chi connectivity index (χ1) is 13.5. The molecule has 2 aromatic rings. The molecule has 0 bridgehead atoms. The van der Waals surface area contributed by atoms with Crippen molar-refractivity contribution >= 4 is 11.9 Å². The number of hydrogen-bond acceptors (Lipinski definition) is 5. The van der Waals surface area contributed by atoms with Crippen molar-refractivity contribution in [2.75, 3.05) is 0 Å². The summed E-state index contributed by atoms with van der Waals surface area (Å²) in [5.74, 6) is 1.30. The van der Waals surface area contributed by atoms with E-state index in [1.165, 1.54) is 0 Å². The van der Waals surface area contributed by atoms with Gasteiger partial charge in [-0.25, -0.2) is 9.59 Å². The van der Waals surface area contributed by atoms with Gasteiger partial charge in [0, 0.05) is 11.1 Å². The molecule has 2 rings (SSSR count). The maximum absolute atomic E-state index is 11.8. The molecule has 152 valence electrons.